The Bertz CT molecular complexity index is 618. The largest absolute Gasteiger partial charge is 0.461 e. The van der Waals surface area contributed by atoms with Gasteiger partial charge in [-0.05, 0) is 62.6 Å². The van der Waals surface area contributed by atoms with E-state index < -0.39 is 14.4 Å². The van der Waals surface area contributed by atoms with E-state index in [1.165, 1.54) is 0 Å². The van der Waals surface area contributed by atoms with Crippen molar-refractivity contribution in [1.29, 1.82) is 0 Å². The van der Waals surface area contributed by atoms with Crippen LogP contribution in [0.15, 0.2) is 0 Å². The molecule has 2 saturated heterocycles. The predicted molar refractivity (Wildman–Crippen MR) is 135 cm³/mol. The molecule has 2 unspecified atom stereocenters. The van der Waals surface area contributed by atoms with Gasteiger partial charge in [-0.15, -0.1) is 0 Å². The van der Waals surface area contributed by atoms with E-state index in [1.54, 1.807) is 0 Å². The number of alkyl halides is 1. The van der Waals surface area contributed by atoms with Crippen molar-refractivity contribution in [2.24, 2.45) is 11.8 Å². The van der Waals surface area contributed by atoms with Crippen molar-refractivity contribution in [2.45, 2.75) is 119 Å². The standard InChI is InChI=1S/C24H43IO6Si/c1-24(2,3)32(4,5)29-15-17-16(13-18(25)20-9-8-10-22(27)30-20)19(26)14-21(17)31-23-11-6-7-12-28-23/h16-21,23,26H,6-15H2,1-5H3/t16-,17-,18?,19-,20-,21-,23?/m1/s1. The molecule has 3 fully saturated rings. The van der Waals surface area contributed by atoms with Gasteiger partial charge in [0.1, 0.15) is 6.10 Å². The number of carbonyl (C=O) groups is 1. The fourth-order valence-corrected chi connectivity index (χ4v) is 6.94. The second-order valence-corrected chi connectivity index (χ2v) is 17.8. The van der Waals surface area contributed by atoms with Gasteiger partial charge >= 0.3 is 5.97 Å². The number of rotatable bonds is 8. The Morgan fingerprint density at radius 1 is 1.19 bits per heavy atom. The van der Waals surface area contributed by atoms with Crippen LogP contribution < -0.4 is 0 Å². The molecule has 2 aliphatic heterocycles. The maximum atomic E-state index is 11.8. The first kappa shape index (κ1) is 26.9. The molecule has 2 heterocycles. The monoisotopic (exact) mass is 582 g/mol. The molecule has 3 rings (SSSR count). The fourth-order valence-electron chi connectivity index (χ4n) is 4.80. The van der Waals surface area contributed by atoms with Crippen molar-refractivity contribution in [3.8, 4) is 0 Å². The summed E-state index contributed by atoms with van der Waals surface area (Å²) >= 11 is 2.41. The van der Waals surface area contributed by atoms with Gasteiger partial charge in [0, 0.05) is 35.9 Å². The topological polar surface area (TPSA) is 74.2 Å². The van der Waals surface area contributed by atoms with Gasteiger partial charge in [-0.25, -0.2) is 0 Å². The van der Waals surface area contributed by atoms with E-state index in [0.717, 1.165) is 45.1 Å². The number of carbonyl (C=O) groups excluding carboxylic acids is 1. The first-order valence-corrected chi connectivity index (χ1v) is 16.6. The summed E-state index contributed by atoms with van der Waals surface area (Å²) in [4.78, 5) is 11.8. The molecule has 0 amide bonds. The Hall–Kier alpha value is 0.257. The number of aliphatic hydroxyl groups is 1. The molecular formula is C24H43IO6Si. The summed E-state index contributed by atoms with van der Waals surface area (Å²) in [6, 6.07) is 0. The Balaban J connectivity index is 1.70. The summed E-state index contributed by atoms with van der Waals surface area (Å²) in [6.45, 7) is 12.7. The van der Waals surface area contributed by atoms with Crippen molar-refractivity contribution in [3.05, 3.63) is 0 Å². The number of halogens is 1. The third kappa shape index (κ3) is 6.90. The molecule has 1 saturated carbocycles. The van der Waals surface area contributed by atoms with Crippen LogP contribution in [0.2, 0.25) is 18.1 Å². The SMILES string of the molecule is CC(C)(C)[Si](C)(C)OC[C@@H]1[C@@H](CC(I)[C@H]2CCCC(=O)O2)[C@H](O)C[C@H]1OC1CCCCO1. The molecule has 0 bridgehead atoms. The molecule has 0 aromatic heterocycles. The van der Waals surface area contributed by atoms with Crippen LogP contribution in [0.5, 0.6) is 0 Å². The van der Waals surface area contributed by atoms with Crippen molar-refractivity contribution < 1.29 is 28.5 Å². The maximum absolute atomic E-state index is 11.8. The number of cyclic esters (lactones) is 1. The van der Waals surface area contributed by atoms with Gasteiger partial charge in [0.05, 0.1) is 12.2 Å². The Morgan fingerprint density at radius 3 is 2.56 bits per heavy atom. The third-order valence-corrected chi connectivity index (χ3v) is 13.8. The lowest BCUT2D eigenvalue weighted by molar-refractivity contribution is -0.198. The maximum Gasteiger partial charge on any atom is 0.306 e. The number of esters is 1. The van der Waals surface area contributed by atoms with Gasteiger partial charge in [0.2, 0.25) is 0 Å². The van der Waals surface area contributed by atoms with Crippen LogP contribution in [-0.4, -0.2) is 61.1 Å². The van der Waals surface area contributed by atoms with E-state index in [-0.39, 0.29) is 45.3 Å². The van der Waals surface area contributed by atoms with Gasteiger partial charge in [0.15, 0.2) is 14.6 Å². The van der Waals surface area contributed by atoms with Crippen LogP contribution in [0.1, 0.15) is 72.1 Å². The summed E-state index contributed by atoms with van der Waals surface area (Å²) in [5.41, 5.74) is 0. The summed E-state index contributed by atoms with van der Waals surface area (Å²) < 4.78 is 24.7. The van der Waals surface area contributed by atoms with Crippen LogP contribution in [0.3, 0.4) is 0 Å². The Kier molecular flexibility index (Phi) is 9.51. The van der Waals surface area contributed by atoms with E-state index >= 15 is 0 Å². The second kappa shape index (κ2) is 11.3. The number of hydrogen-bond donors (Lipinski definition) is 1. The van der Waals surface area contributed by atoms with Gasteiger partial charge < -0.3 is 23.7 Å². The molecule has 1 N–H and O–H groups in total. The number of hydrogen-bond acceptors (Lipinski definition) is 6. The average molecular weight is 583 g/mol. The normalized spacial score (nSPS) is 35.5. The van der Waals surface area contributed by atoms with Gasteiger partial charge in [0.25, 0.3) is 0 Å². The zero-order chi connectivity index (χ0) is 23.5. The molecule has 6 nitrogen and oxygen atoms in total. The van der Waals surface area contributed by atoms with E-state index in [1.807, 2.05) is 0 Å². The quantitative estimate of drug-likeness (QED) is 0.184. The highest BCUT2D eigenvalue weighted by Crippen LogP contribution is 2.43. The molecular weight excluding hydrogens is 539 g/mol. The van der Waals surface area contributed by atoms with Crippen molar-refractivity contribution in [3.63, 3.8) is 0 Å². The predicted octanol–water partition coefficient (Wildman–Crippen LogP) is 5.21. The highest BCUT2D eigenvalue weighted by atomic mass is 127. The lowest BCUT2D eigenvalue weighted by atomic mass is 9.88. The van der Waals surface area contributed by atoms with Gasteiger partial charge in [-0.2, -0.15) is 0 Å². The zero-order valence-corrected chi connectivity index (χ0v) is 23.6. The minimum Gasteiger partial charge on any atom is -0.461 e. The molecule has 8 heteroatoms. The van der Waals surface area contributed by atoms with Crippen LogP contribution in [-0.2, 0) is 23.4 Å². The van der Waals surface area contributed by atoms with Crippen LogP contribution in [0.4, 0.5) is 0 Å². The molecule has 7 atom stereocenters. The minimum atomic E-state index is -1.93. The molecule has 186 valence electrons. The van der Waals surface area contributed by atoms with Crippen molar-refractivity contribution in [1.82, 2.24) is 0 Å². The Labute approximate surface area is 208 Å². The first-order valence-electron chi connectivity index (χ1n) is 12.4. The summed E-state index contributed by atoms with van der Waals surface area (Å²) in [5, 5.41) is 11.2. The lowest BCUT2D eigenvalue weighted by Crippen LogP contribution is -2.44. The highest BCUT2D eigenvalue weighted by Gasteiger charge is 2.47. The van der Waals surface area contributed by atoms with Gasteiger partial charge in [-0.3, -0.25) is 4.79 Å². The van der Waals surface area contributed by atoms with Crippen LogP contribution in [0, 0.1) is 11.8 Å². The van der Waals surface area contributed by atoms with Crippen LogP contribution in [0.25, 0.3) is 0 Å². The molecule has 0 spiro atoms. The highest BCUT2D eigenvalue weighted by molar-refractivity contribution is 14.1. The molecule has 0 aromatic carbocycles. The van der Waals surface area contributed by atoms with Gasteiger partial charge in [-0.1, -0.05) is 43.4 Å². The molecule has 32 heavy (non-hydrogen) atoms. The van der Waals surface area contributed by atoms with E-state index in [9.17, 15) is 9.90 Å². The average Bonchev–Trinajstić information content (AvgIpc) is 3.00. The molecule has 0 radical (unpaired) electrons. The van der Waals surface area contributed by atoms with E-state index in [0.29, 0.717) is 19.4 Å². The molecule has 1 aliphatic carbocycles. The van der Waals surface area contributed by atoms with E-state index in [4.69, 9.17) is 18.6 Å². The summed E-state index contributed by atoms with van der Waals surface area (Å²) in [7, 11) is -1.93. The third-order valence-electron chi connectivity index (χ3n) is 7.96. The molecule has 3 aliphatic rings. The van der Waals surface area contributed by atoms with Crippen LogP contribution >= 0.6 is 22.6 Å². The molecule has 0 aromatic rings. The second-order valence-electron chi connectivity index (χ2n) is 11.3. The minimum absolute atomic E-state index is 0.0624. The first-order chi connectivity index (χ1) is 15.0. The Morgan fingerprint density at radius 2 is 1.94 bits per heavy atom. The summed E-state index contributed by atoms with van der Waals surface area (Å²) in [5.74, 6) is 0.0838. The number of ether oxygens (including phenoxy) is 3. The van der Waals surface area contributed by atoms with Crippen molar-refractivity contribution in [2.75, 3.05) is 13.2 Å². The summed E-state index contributed by atoms with van der Waals surface area (Å²) in [6.07, 6.45) is 6.11. The number of aliphatic hydroxyl groups excluding tert-OH is 1. The zero-order valence-electron chi connectivity index (χ0n) is 20.5. The van der Waals surface area contributed by atoms with E-state index in [2.05, 4.69) is 56.5 Å². The lowest BCUT2D eigenvalue weighted by Gasteiger charge is -2.39. The smallest absolute Gasteiger partial charge is 0.306 e. The van der Waals surface area contributed by atoms with Crippen molar-refractivity contribution >= 4 is 36.9 Å². The fraction of sp³-hybridized carbons (Fsp3) is 0.958.